The first-order valence-electron chi connectivity index (χ1n) is 8.04. The fourth-order valence-corrected chi connectivity index (χ4v) is 3.28. The predicted octanol–water partition coefficient (Wildman–Crippen LogP) is 3.76. The van der Waals surface area contributed by atoms with Crippen LogP contribution in [0, 0.1) is 5.92 Å². The summed E-state index contributed by atoms with van der Waals surface area (Å²) in [5.41, 5.74) is 2.92. The van der Waals surface area contributed by atoms with Gasteiger partial charge in [0.25, 0.3) is 0 Å². The van der Waals surface area contributed by atoms with E-state index in [2.05, 4.69) is 11.3 Å². The molecule has 2 aromatic rings. The molecule has 0 saturated heterocycles. The number of aromatic nitrogens is 2. The maximum absolute atomic E-state index is 10.8. The van der Waals surface area contributed by atoms with Gasteiger partial charge >= 0.3 is 5.97 Å². The first kappa shape index (κ1) is 14.8. The number of hydrogen-bond acceptors (Lipinski definition) is 2. The normalized spacial score (nSPS) is 15.8. The van der Waals surface area contributed by atoms with Crippen molar-refractivity contribution < 1.29 is 9.90 Å². The van der Waals surface area contributed by atoms with Gasteiger partial charge in [0.1, 0.15) is 0 Å². The number of carboxylic acid groups (broad SMARTS) is 1. The van der Waals surface area contributed by atoms with Crippen molar-refractivity contribution in [1.82, 2.24) is 9.78 Å². The van der Waals surface area contributed by atoms with E-state index in [0.717, 1.165) is 29.2 Å². The summed E-state index contributed by atoms with van der Waals surface area (Å²) in [5, 5.41) is 13.4. The van der Waals surface area contributed by atoms with Crippen LogP contribution >= 0.6 is 0 Å². The molecule has 1 aliphatic carbocycles. The Morgan fingerprint density at radius 3 is 2.82 bits per heavy atom. The molecular formula is C18H22N2O2. The lowest BCUT2D eigenvalue weighted by Crippen LogP contribution is -2.14. The Morgan fingerprint density at radius 2 is 2.05 bits per heavy atom. The highest BCUT2D eigenvalue weighted by molar-refractivity contribution is 5.71. The fourth-order valence-electron chi connectivity index (χ4n) is 3.28. The second-order valence-electron chi connectivity index (χ2n) is 6.23. The molecule has 0 bridgehead atoms. The summed E-state index contributed by atoms with van der Waals surface area (Å²) in [5.74, 6) is -0.0509. The Labute approximate surface area is 130 Å². The van der Waals surface area contributed by atoms with Gasteiger partial charge in [-0.15, -0.1) is 0 Å². The smallest absolute Gasteiger partial charge is 0.307 e. The number of hydrogen-bond donors (Lipinski definition) is 1. The van der Waals surface area contributed by atoms with Gasteiger partial charge in [0.2, 0.25) is 0 Å². The summed E-state index contributed by atoms with van der Waals surface area (Å²) in [7, 11) is 0. The maximum Gasteiger partial charge on any atom is 0.307 e. The van der Waals surface area contributed by atoms with E-state index in [0.29, 0.717) is 0 Å². The Kier molecular flexibility index (Phi) is 4.56. The molecule has 0 amide bonds. The molecule has 1 N–H and O–H groups in total. The minimum atomic E-state index is -0.801. The van der Waals surface area contributed by atoms with Gasteiger partial charge in [0.15, 0.2) is 0 Å². The van der Waals surface area contributed by atoms with E-state index in [-0.39, 0.29) is 6.42 Å². The van der Waals surface area contributed by atoms with Crippen molar-refractivity contribution in [3.05, 3.63) is 42.2 Å². The van der Waals surface area contributed by atoms with Crippen LogP contribution in [0.15, 0.2) is 36.7 Å². The molecule has 1 heterocycles. The number of rotatable bonds is 5. The van der Waals surface area contributed by atoms with Gasteiger partial charge in [-0.3, -0.25) is 9.48 Å². The van der Waals surface area contributed by atoms with Gasteiger partial charge in [0.05, 0.1) is 12.6 Å². The zero-order chi connectivity index (χ0) is 15.4. The quantitative estimate of drug-likeness (QED) is 0.914. The van der Waals surface area contributed by atoms with E-state index in [1.807, 2.05) is 35.1 Å². The van der Waals surface area contributed by atoms with Crippen molar-refractivity contribution in [3.63, 3.8) is 0 Å². The Hall–Kier alpha value is -2.10. The lowest BCUT2D eigenvalue weighted by Gasteiger charge is -2.21. The monoisotopic (exact) mass is 298 g/mol. The van der Waals surface area contributed by atoms with Crippen LogP contribution < -0.4 is 0 Å². The molecule has 22 heavy (non-hydrogen) atoms. The van der Waals surface area contributed by atoms with Crippen LogP contribution in [0.25, 0.3) is 11.1 Å². The lowest BCUT2D eigenvalue weighted by molar-refractivity contribution is -0.136. The van der Waals surface area contributed by atoms with Crippen LogP contribution in [-0.4, -0.2) is 20.9 Å². The molecule has 0 aliphatic heterocycles. The van der Waals surface area contributed by atoms with Crippen molar-refractivity contribution in [2.45, 2.75) is 45.1 Å². The highest BCUT2D eigenvalue weighted by Crippen LogP contribution is 2.26. The van der Waals surface area contributed by atoms with Crippen LogP contribution in [0.1, 0.15) is 37.7 Å². The molecule has 1 aromatic carbocycles. The van der Waals surface area contributed by atoms with Crippen molar-refractivity contribution in [3.8, 4) is 11.1 Å². The van der Waals surface area contributed by atoms with E-state index >= 15 is 0 Å². The molecule has 1 fully saturated rings. The van der Waals surface area contributed by atoms with E-state index in [1.54, 1.807) is 0 Å². The van der Waals surface area contributed by atoms with E-state index in [4.69, 9.17) is 5.11 Å². The minimum absolute atomic E-state index is 0.0596. The van der Waals surface area contributed by atoms with E-state index < -0.39 is 5.97 Å². The van der Waals surface area contributed by atoms with Crippen LogP contribution in [0.5, 0.6) is 0 Å². The van der Waals surface area contributed by atoms with Gasteiger partial charge in [-0.2, -0.15) is 5.10 Å². The molecule has 3 rings (SSSR count). The average molecular weight is 298 g/mol. The zero-order valence-corrected chi connectivity index (χ0v) is 12.7. The highest BCUT2D eigenvalue weighted by Gasteiger charge is 2.14. The van der Waals surface area contributed by atoms with Gasteiger partial charge in [0, 0.05) is 18.3 Å². The summed E-state index contributed by atoms with van der Waals surface area (Å²) in [4.78, 5) is 10.8. The lowest BCUT2D eigenvalue weighted by atomic mass is 9.89. The van der Waals surface area contributed by atoms with Crippen LogP contribution in [-0.2, 0) is 17.8 Å². The Morgan fingerprint density at radius 1 is 1.23 bits per heavy atom. The summed E-state index contributed by atoms with van der Waals surface area (Å²) in [6, 6.07) is 7.71. The van der Waals surface area contributed by atoms with E-state index in [1.165, 1.54) is 32.1 Å². The zero-order valence-electron chi connectivity index (χ0n) is 12.7. The summed E-state index contributed by atoms with van der Waals surface area (Å²) < 4.78 is 2.04. The molecular weight excluding hydrogens is 276 g/mol. The first-order valence-corrected chi connectivity index (χ1v) is 8.04. The largest absolute Gasteiger partial charge is 0.481 e. The molecule has 116 valence electrons. The Balaban J connectivity index is 1.71. The molecule has 0 unspecified atom stereocenters. The first-order chi connectivity index (χ1) is 10.7. The van der Waals surface area contributed by atoms with Gasteiger partial charge in [-0.05, 0) is 29.9 Å². The van der Waals surface area contributed by atoms with Crippen LogP contribution in [0.2, 0.25) is 0 Å². The van der Waals surface area contributed by atoms with Crippen molar-refractivity contribution in [2.24, 2.45) is 5.92 Å². The maximum atomic E-state index is 10.8. The molecule has 1 aliphatic rings. The third kappa shape index (κ3) is 3.75. The van der Waals surface area contributed by atoms with E-state index in [9.17, 15) is 4.79 Å². The second kappa shape index (κ2) is 6.77. The number of carboxylic acids is 1. The molecule has 1 saturated carbocycles. The summed E-state index contributed by atoms with van der Waals surface area (Å²) >= 11 is 0. The SMILES string of the molecule is O=C(O)Cc1cccc(-c2cnn(CC3CCCCC3)c2)c1. The van der Waals surface area contributed by atoms with Crippen molar-refractivity contribution in [2.75, 3.05) is 0 Å². The standard InChI is InChI=1S/C18H22N2O2/c21-18(22)10-15-7-4-8-16(9-15)17-11-19-20(13-17)12-14-5-2-1-3-6-14/h4,7-9,11,13-14H,1-3,5-6,10,12H2,(H,21,22). The number of nitrogens with zero attached hydrogens (tertiary/aromatic N) is 2. The second-order valence-corrected chi connectivity index (χ2v) is 6.23. The number of carbonyl (C=O) groups is 1. The Bertz CT molecular complexity index is 642. The van der Waals surface area contributed by atoms with Crippen LogP contribution in [0.3, 0.4) is 0 Å². The third-order valence-corrected chi connectivity index (χ3v) is 4.42. The summed E-state index contributed by atoms with van der Waals surface area (Å²) in [6.07, 6.45) is 10.7. The van der Waals surface area contributed by atoms with Crippen LogP contribution in [0.4, 0.5) is 0 Å². The molecule has 0 atom stereocenters. The third-order valence-electron chi connectivity index (χ3n) is 4.42. The topological polar surface area (TPSA) is 55.1 Å². The fraction of sp³-hybridized carbons (Fsp3) is 0.444. The van der Waals surface area contributed by atoms with Crippen molar-refractivity contribution in [1.29, 1.82) is 0 Å². The highest BCUT2D eigenvalue weighted by atomic mass is 16.4. The molecule has 0 radical (unpaired) electrons. The molecule has 1 aromatic heterocycles. The summed E-state index contributed by atoms with van der Waals surface area (Å²) in [6.45, 7) is 0.995. The minimum Gasteiger partial charge on any atom is -0.481 e. The van der Waals surface area contributed by atoms with Gasteiger partial charge < -0.3 is 5.11 Å². The average Bonchev–Trinajstić information content (AvgIpc) is 2.96. The predicted molar refractivity (Wildman–Crippen MR) is 85.6 cm³/mol. The molecule has 4 nitrogen and oxygen atoms in total. The molecule has 4 heteroatoms. The van der Waals surface area contributed by atoms with Crippen molar-refractivity contribution >= 4 is 5.97 Å². The number of aliphatic carboxylic acids is 1. The van der Waals surface area contributed by atoms with Gasteiger partial charge in [-0.1, -0.05) is 43.5 Å². The number of benzene rings is 1. The van der Waals surface area contributed by atoms with Gasteiger partial charge in [-0.25, -0.2) is 0 Å². The molecule has 0 spiro atoms.